The van der Waals surface area contributed by atoms with Crippen molar-refractivity contribution in [1.82, 2.24) is 0 Å². The summed E-state index contributed by atoms with van der Waals surface area (Å²) < 4.78 is 0. The van der Waals surface area contributed by atoms with Crippen LogP contribution in [0.15, 0.2) is 12.2 Å². The lowest BCUT2D eigenvalue weighted by atomic mass is 9.66. The van der Waals surface area contributed by atoms with Gasteiger partial charge in [0.1, 0.15) is 0 Å². The molecule has 3 aliphatic carbocycles. The van der Waals surface area contributed by atoms with Gasteiger partial charge in [0.25, 0.3) is 0 Å². The van der Waals surface area contributed by atoms with Crippen molar-refractivity contribution in [2.45, 2.75) is 52.6 Å². The molecule has 0 aromatic heterocycles. The SMILES string of the molecule is C=C1C(O)CC23C[C@H]1C(C)(C)[C@@H]2CC[C@H]3C. The Bertz CT molecular complexity index is 343. The smallest absolute Gasteiger partial charge is 0.0755 e. The van der Waals surface area contributed by atoms with Gasteiger partial charge in [0.05, 0.1) is 6.10 Å². The Labute approximate surface area is 98.9 Å². The number of aliphatic hydroxyl groups excluding tert-OH is 1. The van der Waals surface area contributed by atoms with Crippen LogP contribution in [-0.2, 0) is 0 Å². The second-order valence-corrected chi connectivity index (χ2v) is 7.14. The molecule has 16 heavy (non-hydrogen) atoms. The number of fused-ring (bicyclic) bond motifs is 1. The third kappa shape index (κ3) is 1.01. The van der Waals surface area contributed by atoms with Crippen molar-refractivity contribution >= 4 is 0 Å². The quantitative estimate of drug-likeness (QED) is 0.620. The lowest BCUT2D eigenvalue weighted by Crippen LogP contribution is -2.36. The fourth-order valence-electron chi connectivity index (χ4n) is 5.44. The number of hydrogen-bond donors (Lipinski definition) is 1. The van der Waals surface area contributed by atoms with Crippen molar-refractivity contribution in [2.24, 2.45) is 28.6 Å². The molecule has 0 heterocycles. The Morgan fingerprint density at radius 3 is 2.62 bits per heavy atom. The van der Waals surface area contributed by atoms with E-state index >= 15 is 0 Å². The molecule has 3 rings (SSSR count). The van der Waals surface area contributed by atoms with Crippen molar-refractivity contribution in [3.05, 3.63) is 12.2 Å². The maximum atomic E-state index is 10.3. The molecule has 0 saturated heterocycles. The molecule has 5 atom stereocenters. The highest BCUT2D eigenvalue weighted by Crippen LogP contribution is 2.72. The minimum absolute atomic E-state index is 0.233. The normalized spacial score (nSPS) is 54.1. The second kappa shape index (κ2) is 2.93. The number of aliphatic hydroxyl groups is 1. The summed E-state index contributed by atoms with van der Waals surface area (Å²) in [5, 5.41) is 10.3. The van der Waals surface area contributed by atoms with E-state index in [4.69, 9.17) is 0 Å². The lowest BCUT2D eigenvalue weighted by Gasteiger charge is -2.40. The molecule has 3 saturated carbocycles. The van der Waals surface area contributed by atoms with Gasteiger partial charge in [-0.25, -0.2) is 0 Å². The molecule has 0 aliphatic heterocycles. The molecule has 0 aromatic rings. The monoisotopic (exact) mass is 220 g/mol. The summed E-state index contributed by atoms with van der Waals surface area (Å²) in [7, 11) is 0. The van der Waals surface area contributed by atoms with Crippen LogP contribution in [0.1, 0.15) is 46.5 Å². The third-order valence-electron chi connectivity index (χ3n) is 6.39. The van der Waals surface area contributed by atoms with Crippen LogP contribution in [0.5, 0.6) is 0 Å². The zero-order valence-electron chi connectivity index (χ0n) is 10.8. The summed E-state index contributed by atoms with van der Waals surface area (Å²) in [6.45, 7) is 11.4. The average molecular weight is 220 g/mol. The van der Waals surface area contributed by atoms with Gasteiger partial charge in [-0.05, 0) is 59.8 Å². The predicted molar refractivity (Wildman–Crippen MR) is 66.0 cm³/mol. The second-order valence-electron chi connectivity index (χ2n) is 7.14. The maximum absolute atomic E-state index is 10.3. The fraction of sp³-hybridized carbons (Fsp3) is 0.867. The highest BCUT2D eigenvalue weighted by atomic mass is 16.3. The van der Waals surface area contributed by atoms with Gasteiger partial charge in [0.15, 0.2) is 0 Å². The topological polar surface area (TPSA) is 20.2 Å². The highest BCUT2D eigenvalue weighted by Gasteiger charge is 2.65. The van der Waals surface area contributed by atoms with Crippen LogP contribution in [0.4, 0.5) is 0 Å². The Hall–Kier alpha value is -0.300. The van der Waals surface area contributed by atoms with Crippen LogP contribution in [0, 0.1) is 28.6 Å². The summed E-state index contributed by atoms with van der Waals surface area (Å²) in [6.07, 6.45) is 4.77. The molecule has 3 aliphatic rings. The molecule has 2 unspecified atom stereocenters. The van der Waals surface area contributed by atoms with Gasteiger partial charge in [0, 0.05) is 0 Å². The maximum Gasteiger partial charge on any atom is 0.0755 e. The summed E-state index contributed by atoms with van der Waals surface area (Å²) in [5.74, 6) is 2.17. The van der Waals surface area contributed by atoms with Gasteiger partial charge >= 0.3 is 0 Å². The summed E-state index contributed by atoms with van der Waals surface area (Å²) in [5.41, 5.74) is 1.92. The van der Waals surface area contributed by atoms with E-state index < -0.39 is 0 Å². The van der Waals surface area contributed by atoms with E-state index in [-0.39, 0.29) is 6.10 Å². The third-order valence-corrected chi connectivity index (χ3v) is 6.39. The first kappa shape index (κ1) is 10.8. The first-order chi connectivity index (χ1) is 7.39. The van der Waals surface area contributed by atoms with E-state index in [1.807, 2.05) is 0 Å². The van der Waals surface area contributed by atoms with E-state index in [0.29, 0.717) is 16.7 Å². The van der Waals surface area contributed by atoms with Crippen molar-refractivity contribution in [1.29, 1.82) is 0 Å². The first-order valence-electron chi connectivity index (χ1n) is 6.76. The van der Waals surface area contributed by atoms with Crippen molar-refractivity contribution < 1.29 is 5.11 Å². The zero-order chi connectivity index (χ0) is 11.7. The predicted octanol–water partition coefficient (Wildman–Crippen LogP) is 3.39. The van der Waals surface area contributed by atoms with Crippen LogP contribution >= 0.6 is 0 Å². The Morgan fingerprint density at radius 1 is 1.25 bits per heavy atom. The van der Waals surface area contributed by atoms with E-state index in [1.54, 1.807) is 0 Å². The fourth-order valence-corrected chi connectivity index (χ4v) is 5.44. The van der Waals surface area contributed by atoms with E-state index in [9.17, 15) is 5.11 Å². The Balaban J connectivity index is 2.10. The Kier molecular flexibility index (Phi) is 1.98. The van der Waals surface area contributed by atoms with Gasteiger partial charge in [-0.15, -0.1) is 0 Å². The first-order valence-corrected chi connectivity index (χ1v) is 6.76. The van der Waals surface area contributed by atoms with Crippen molar-refractivity contribution in [2.75, 3.05) is 0 Å². The van der Waals surface area contributed by atoms with E-state index in [0.717, 1.165) is 23.8 Å². The lowest BCUT2D eigenvalue weighted by molar-refractivity contribution is 0.0530. The molecule has 3 fully saturated rings. The Morgan fingerprint density at radius 2 is 1.94 bits per heavy atom. The summed E-state index contributed by atoms with van der Waals surface area (Å²) >= 11 is 0. The van der Waals surface area contributed by atoms with E-state index in [2.05, 4.69) is 27.4 Å². The summed E-state index contributed by atoms with van der Waals surface area (Å²) in [4.78, 5) is 0. The molecule has 1 heteroatoms. The number of rotatable bonds is 0. The molecule has 1 spiro atoms. The van der Waals surface area contributed by atoms with Crippen LogP contribution < -0.4 is 0 Å². The molecule has 1 N–H and O–H groups in total. The van der Waals surface area contributed by atoms with Crippen LogP contribution in [0.25, 0.3) is 0 Å². The molecular weight excluding hydrogens is 196 g/mol. The van der Waals surface area contributed by atoms with Gasteiger partial charge in [-0.3, -0.25) is 0 Å². The highest BCUT2D eigenvalue weighted by molar-refractivity contribution is 5.26. The average Bonchev–Trinajstić information content (AvgIpc) is 2.59. The molecular formula is C15H24O. The van der Waals surface area contributed by atoms with Crippen LogP contribution in [0.3, 0.4) is 0 Å². The van der Waals surface area contributed by atoms with Gasteiger partial charge in [-0.1, -0.05) is 27.4 Å². The standard InChI is InChI=1S/C15H24O/c1-9-5-6-13-14(3,4)11-7-15(9,13)8-12(16)10(11)2/h9,11-13,16H,2,5-8H2,1,3-4H3/t9-,11-,12?,13+,15?/m1/s1. The van der Waals surface area contributed by atoms with Crippen molar-refractivity contribution in [3.8, 4) is 0 Å². The largest absolute Gasteiger partial charge is 0.389 e. The molecule has 90 valence electrons. The minimum Gasteiger partial charge on any atom is -0.389 e. The van der Waals surface area contributed by atoms with Crippen LogP contribution in [0.2, 0.25) is 0 Å². The minimum atomic E-state index is -0.233. The molecule has 0 amide bonds. The molecule has 2 bridgehead atoms. The van der Waals surface area contributed by atoms with Gasteiger partial charge in [0.2, 0.25) is 0 Å². The number of hydrogen-bond acceptors (Lipinski definition) is 1. The molecule has 0 aromatic carbocycles. The molecule has 1 nitrogen and oxygen atoms in total. The molecule has 0 radical (unpaired) electrons. The van der Waals surface area contributed by atoms with Gasteiger partial charge < -0.3 is 5.11 Å². The summed E-state index contributed by atoms with van der Waals surface area (Å²) in [6, 6.07) is 0. The zero-order valence-corrected chi connectivity index (χ0v) is 10.8. The van der Waals surface area contributed by atoms with E-state index in [1.165, 1.54) is 19.3 Å². The van der Waals surface area contributed by atoms with Crippen molar-refractivity contribution in [3.63, 3.8) is 0 Å². The van der Waals surface area contributed by atoms with Gasteiger partial charge in [-0.2, -0.15) is 0 Å². The van der Waals surface area contributed by atoms with Crippen LogP contribution in [-0.4, -0.2) is 11.2 Å².